The summed E-state index contributed by atoms with van der Waals surface area (Å²) in [6.07, 6.45) is 6.73. The molecule has 0 aliphatic carbocycles. The Morgan fingerprint density at radius 3 is 3.10 bits per heavy atom. The van der Waals surface area contributed by atoms with Crippen molar-refractivity contribution in [3.63, 3.8) is 0 Å². The van der Waals surface area contributed by atoms with Crippen LogP contribution in [0.1, 0.15) is 31.0 Å². The normalized spacial score (nSPS) is 26.2. The van der Waals surface area contributed by atoms with Crippen LogP contribution in [0.5, 0.6) is 0 Å². The predicted molar refractivity (Wildman–Crippen MR) is 76.8 cm³/mol. The molecule has 0 spiro atoms. The molecule has 1 fully saturated rings. The molecule has 2 atom stereocenters. The molecule has 104 valence electrons. The molecule has 0 N–H and O–H groups in total. The van der Waals surface area contributed by atoms with Crippen LogP contribution in [-0.2, 0) is 6.54 Å². The molecular weight excluding hydrogens is 252 g/mol. The first-order chi connectivity index (χ1) is 9.75. The lowest BCUT2D eigenvalue weighted by molar-refractivity contribution is 0.123. The molecule has 0 amide bonds. The fourth-order valence-corrected chi connectivity index (χ4v) is 3.80. The number of hydrogen-bond acceptors (Lipinski definition) is 4. The van der Waals surface area contributed by atoms with Gasteiger partial charge in [0.25, 0.3) is 5.56 Å². The van der Waals surface area contributed by atoms with E-state index in [0.29, 0.717) is 17.3 Å². The standard InChI is InChI=1S/C15H18N4O/c1-18-7-2-3-11-13(18)5-8-19-14(11)17-12-9-16-6-4-10(12)15(19)20/h4,6,9,11,13H,2-3,5,7-8H2,1H3/t11-,13-/m1/s1. The van der Waals surface area contributed by atoms with E-state index < -0.39 is 0 Å². The Morgan fingerprint density at radius 2 is 2.20 bits per heavy atom. The van der Waals surface area contributed by atoms with E-state index in [9.17, 15) is 4.79 Å². The molecule has 1 saturated heterocycles. The van der Waals surface area contributed by atoms with Gasteiger partial charge in [0.05, 0.1) is 17.1 Å². The van der Waals surface area contributed by atoms with Crippen molar-refractivity contribution in [3.8, 4) is 0 Å². The van der Waals surface area contributed by atoms with E-state index in [1.807, 2.05) is 4.57 Å². The number of fused-ring (bicyclic) bond motifs is 4. The quantitative estimate of drug-likeness (QED) is 0.725. The molecule has 2 aliphatic heterocycles. The van der Waals surface area contributed by atoms with Crippen molar-refractivity contribution in [3.05, 3.63) is 34.6 Å². The van der Waals surface area contributed by atoms with Crippen molar-refractivity contribution in [2.75, 3.05) is 13.6 Å². The maximum Gasteiger partial charge on any atom is 0.261 e. The van der Waals surface area contributed by atoms with Crippen molar-refractivity contribution in [2.45, 2.75) is 37.8 Å². The molecule has 0 bridgehead atoms. The molecule has 4 rings (SSSR count). The first-order valence-corrected chi connectivity index (χ1v) is 7.30. The van der Waals surface area contributed by atoms with Crippen LogP contribution in [0.4, 0.5) is 0 Å². The first-order valence-electron chi connectivity index (χ1n) is 7.30. The van der Waals surface area contributed by atoms with Gasteiger partial charge in [-0.2, -0.15) is 0 Å². The number of aromatic nitrogens is 3. The maximum atomic E-state index is 12.6. The molecule has 2 aliphatic rings. The highest BCUT2D eigenvalue weighted by Gasteiger charge is 2.36. The largest absolute Gasteiger partial charge is 0.303 e. The lowest BCUT2D eigenvalue weighted by Crippen LogP contribution is -2.47. The van der Waals surface area contributed by atoms with Crippen molar-refractivity contribution in [1.29, 1.82) is 0 Å². The van der Waals surface area contributed by atoms with Crippen molar-refractivity contribution >= 4 is 10.9 Å². The molecule has 0 aromatic carbocycles. The van der Waals surface area contributed by atoms with Crippen LogP contribution in [0, 0.1) is 0 Å². The summed E-state index contributed by atoms with van der Waals surface area (Å²) in [6.45, 7) is 1.94. The van der Waals surface area contributed by atoms with Crippen LogP contribution < -0.4 is 5.56 Å². The number of likely N-dealkylation sites (tertiary alicyclic amines) is 1. The highest BCUT2D eigenvalue weighted by atomic mass is 16.1. The molecular formula is C15H18N4O. The predicted octanol–water partition coefficient (Wildman–Crippen LogP) is 1.37. The maximum absolute atomic E-state index is 12.6. The van der Waals surface area contributed by atoms with Gasteiger partial charge < -0.3 is 4.90 Å². The summed E-state index contributed by atoms with van der Waals surface area (Å²) in [4.78, 5) is 23.9. The van der Waals surface area contributed by atoms with E-state index in [4.69, 9.17) is 4.98 Å². The second-order valence-corrected chi connectivity index (χ2v) is 5.90. The van der Waals surface area contributed by atoms with Gasteiger partial charge in [0.2, 0.25) is 0 Å². The van der Waals surface area contributed by atoms with Crippen LogP contribution in [0.3, 0.4) is 0 Å². The van der Waals surface area contributed by atoms with Crippen molar-refractivity contribution in [2.24, 2.45) is 0 Å². The Hall–Kier alpha value is -1.75. The van der Waals surface area contributed by atoms with Crippen molar-refractivity contribution < 1.29 is 0 Å². The van der Waals surface area contributed by atoms with E-state index in [1.165, 1.54) is 6.42 Å². The zero-order chi connectivity index (χ0) is 13.7. The molecule has 5 heteroatoms. The van der Waals surface area contributed by atoms with E-state index in [-0.39, 0.29) is 5.56 Å². The summed E-state index contributed by atoms with van der Waals surface area (Å²) in [5.74, 6) is 1.36. The van der Waals surface area contributed by atoms with Gasteiger partial charge in [0.15, 0.2) is 0 Å². The second-order valence-electron chi connectivity index (χ2n) is 5.90. The topological polar surface area (TPSA) is 51.0 Å². The Balaban J connectivity index is 1.94. The minimum atomic E-state index is 0.0964. The monoisotopic (exact) mass is 270 g/mol. The van der Waals surface area contributed by atoms with E-state index in [2.05, 4.69) is 16.9 Å². The summed E-state index contributed by atoms with van der Waals surface area (Å²) in [7, 11) is 2.19. The highest BCUT2D eigenvalue weighted by Crippen LogP contribution is 2.35. The molecule has 0 unspecified atom stereocenters. The Bertz CT molecular complexity index is 723. The summed E-state index contributed by atoms with van der Waals surface area (Å²) < 4.78 is 1.89. The minimum absolute atomic E-state index is 0.0964. The summed E-state index contributed by atoms with van der Waals surface area (Å²) >= 11 is 0. The fraction of sp³-hybridized carbons (Fsp3) is 0.533. The summed E-state index contributed by atoms with van der Waals surface area (Å²) in [5, 5.41) is 0.686. The second kappa shape index (κ2) is 4.38. The van der Waals surface area contributed by atoms with Gasteiger partial charge in [-0.15, -0.1) is 0 Å². The minimum Gasteiger partial charge on any atom is -0.303 e. The van der Waals surface area contributed by atoms with Crippen LogP contribution in [0.15, 0.2) is 23.3 Å². The zero-order valence-corrected chi connectivity index (χ0v) is 11.6. The zero-order valence-electron chi connectivity index (χ0n) is 11.6. The third kappa shape index (κ3) is 1.62. The molecule has 2 aromatic heterocycles. The van der Waals surface area contributed by atoms with E-state index in [1.54, 1.807) is 18.5 Å². The van der Waals surface area contributed by atoms with Crippen LogP contribution >= 0.6 is 0 Å². The van der Waals surface area contributed by atoms with Gasteiger partial charge in [0.1, 0.15) is 5.82 Å². The van der Waals surface area contributed by atoms with Crippen LogP contribution in [-0.4, -0.2) is 39.1 Å². The first kappa shape index (κ1) is 12.0. The highest BCUT2D eigenvalue weighted by molar-refractivity contribution is 5.76. The average molecular weight is 270 g/mol. The Morgan fingerprint density at radius 1 is 1.30 bits per heavy atom. The van der Waals surface area contributed by atoms with Gasteiger partial charge in [-0.25, -0.2) is 4.98 Å². The summed E-state index contributed by atoms with van der Waals surface area (Å²) in [5.41, 5.74) is 0.830. The Kier molecular flexibility index (Phi) is 2.63. The lowest BCUT2D eigenvalue weighted by atomic mass is 9.84. The van der Waals surface area contributed by atoms with Crippen LogP contribution in [0.2, 0.25) is 0 Å². The van der Waals surface area contributed by atoms with Gasteiger partial charge in [-0.3, -0.25) is 14.3 Å². The lowest BCUT2D eigenvalue weighted by Gasteiger charge is -2.42. The van der Waals surface area contributed by atoms with Gasteiger partial charge in [0, 0.05) is 24.7 Å². The number of pyridine rings is 1. The van der Waals surface area contributed by atoms with E-state index in [0.717, 1.165) is 37.3 Å². The number of rotatable bonds is 0. The SMILES string of the molecule is CN1CCC[C@H]2c3nc4cnccc4c(=O)n3CC[C@H]21. The molecule has 0 saturated carbocycles. The molecule has 5 nitrogen and oxygen atoms in total. The van der Waals surface area contributed by atoms with Crippen molar-refractivity contribution in [1.82, 2.24) is 19.4 Å². The number of piperidine rings is 1. The van der Waals surface area contributed by atoms with Gasteiger partial charge >= 0.3 is 0 Å². The average Bonchev–Trinajstić information content (AvgIpc) is 2.48. The third-order valence-corrected chi connectivity index (χ3v) is 4.82. The molecule has 20 heavy (non-hydrogen) atoms. The Labute approximate surface area is 117 Å². The third-order valence-electron chi connectivity index (χ3n) is 4.82. The number of likely N-dealkylation sites (N-methyl/N-ethyl adjacent to an activating group) is 1. The fourth-order valence-electron chi connectivity index (χ4n) is 3.80. The van der Waals surface area contributed by atoms with Gasteiger partial charge in [-0.05, 0) is 38.9 Å². The molecule has 4 heterocycles. The van der Waals surface area contributed by atoms with E-state index >= 15 is 0 Å². The van der Waals surface area contributed by atoms with Gasteiger partial charge in [-0.1, -0.05) is 0 Å². The summed E-state index contributed by atoms with van der Waals surface area (Å²) in [6, 6.07) is 2.31. The number of nitrogens with zero attached hydrogens (tertiary/aromatic N) is 4. The number of hydrogen-bond donors (Lipinski definition) is 0. The molecule has 2 aromatic rings. The smallest absolute Gasteiger partial charge is 0.261 e. The van der Waals surface area contributed by atoms with Crippen LogP contribution in [0.25, 0.3) is 10.9 Å². The molecule has 0 radical (unpaired) electrons.